The SMILES string of the molecule is CC(C)(C)OC(=O)C1CCSC(c2ccccc2)=N1. The summed E-state index contributed by atoms with van der Waals surface area (Å²) in [5.41, 5.74) is 0.616. The van der Waals surface area contributed by atoms with E-state index in [9.17, 15) is 4.79 Å². The number of rotatable bonds is 2. The van der Waals surface area contributed by atoms with Crippen molar-refractivity contribution in [1.82, 2.24) is 0 Å². The van der Waals surface area contributed by atoms with Crippen molar-refractivity contribution in [3.63, 3.8) is 0 Å². The summed E-state index contributed by atoms with van der Waals surface area (Å²) in [6.07, 6.45) is 0.746. The molecule has 0 radical (unpaired) electrons. The monoisotopic (exact) mass is 277 g/mol. The number of ether oxygens (including phenoxy) is 1. The van der Waals surface area contributed by atoms with Crippen molar-refractivity contribution >= 4 is 22.8 Å². The van der Waals surface area contributed by atoms with Crippen molar-refractivity contribution in [2.24, 2.45) is 4.99 Å². The van der Waals surface area contributed by atoms with Gasteiger partial charge in [0.25, 0.3) is 0 Å². The van der Waals surface area contributed by atoms with E-state index in [0.717, 1.165) is 22.8 Å². The summed E-state index contributed by atoms with van der Waals surface area (Å²) >= 11 is 1.70. The second kappa shape index (κ2) is 5.78. The van der Waals surface area contributed by atoms with E-state index in [2.05, 4.69) is 4.99 Å². The molecule has 0 amide bonds. The molecule has 1 aromatic rings. The minimum Gasteiger partial charge on any atom is -0.458 e. The van der Waals surface area contributed by atoms with Crippen LogP contribution in [0.4, 0.5) is 0 Å². The third-order valence-electron chi connectivity index (χ3n) is 2.60. The molecule has 1 aliphatic rings. The lowest BCUT2D eigenvalue weighted by Gasteiger charge is -2.24. The average molecular weight is 277 g/mol. The quantitative estimate of drug-likeness (QED) is 0.779. The van der Waals surface area contributed by atoms with Gasteiger partial charge in [-0.05, 0) is 27.2 Å². The average Bonchev–Trinajstić information content (AvgIpc) is 2.38. The van der Waals surface area contributed by atoms with Gasteiger partial charge in [-0.2, -0.15) is 0 Å². The topological polar surface area (TPSA) is 38.7 Å². The smallest absolute Gasteiger partial charge is 0.331 e. The summed E-state index contributed by atoms with van der Waals surface area (Å²) in [5, 5.41) is 0.933. The normalized spacial score (nSPS) is 19.7. The zero-order valence-corrected chi connectivity index (χ0v) is 12.4. The van der Waals surface area contributed by atoms with Gasteiger partial charge >= 0.3 is 5.97 Å². The minimum atomic E-state index is -0.454. The highest BCUT2D eigenvalue weighted by molar-refractivity contribution is 8.14. The predicted molar refractivity (Wildman–Crippen MR) is 79.7 cm³/mol. The summed E-state index contributed by atoms with van der Waals surface area (Å²) in [4.78, 5) is 16.6. The minimum absolute atomic E-state index is 0.221. The van der Waals surface area contributed by atoms with Gasteiger partial charge in [-0.15, -0.1) is 11.8 Å². The Morgan fingerprint density at radius 2 is 2.00 bits per heavy atom. The van der Waals surface area contributed by atoms with Gasteiger partial charge in [0, 0.05) is 11.3 Å². The van der Waals surface area contributed by atoms with E-state index in [0.29, 0.717) is 0 Å². The van der Waals surface area contributed by atoms with Crippen LogP contribution in [-0.2, 0) is 9.53 Å². The molecular formula is C15H19NO2S. The Bertz CT molecular complexity index is 477. The van der Waals surface area contributed by atoms with Crippen molar-refractivity contribution in [2.45, 2.75) is 38.8 Å². The Kier molecular flexibility index (Phi) is 4.30. The first-order valence-electron chi connectivity index (χ1n) is 6.44. The second-order valence-electron chi connectivity index (χ2n) is 5.49. The summed E-state index contributed by atoms with van der Waals surface area (Å²) in [7, 11) is 0. The highest BCUT2D eigenvalue weighted by Crippen LogP contribution is 2.24. The maximum absolute atomic E-state index is 12.1. The molecule has 4 heteroatoms. The molecule has 0 aliphatic carbocycles. The summed E-state index contributed by atoms with van der Waals surface area (Å²) in [5.74, 6) is 0.679. The number of carbonyl (C=O) groups excluding carboxylic acids is 1. The van der Waals surface area contributed by atoms with E-state index in [1.165, 1.54) is 0 Å². The Hall–Kier alpha value is -1.29. The van der Waals surface area contributed by atoms with Crippen LogP contribution in [0, 0.1) is 0 Å². The highest BCUT2D eigenvalue weighted by atomic mass is 32.2. The lowest BCUT2D eigenvalue weighted by atomic mass is 10.1. The molecule has 1 heterocycles. The van der Waals surface area contributed by atoms with Gasteiger partial charge in [0.05, 0.1) is 5.04 Å². The molecule has 102 valence electrons. The van der Waals surface area contributed by atoms with E-state index in [-0.39, 0.29) is 12.0 Å². The molecule has 1 aromatic carbocycles. The van der Waals surface area contributed by atoms with Gasteiger partial charge in [0.2, 0.25) is 0 Å². The summed E-state index contributed by atoms with van der Waals surface area (Å²) in [6.45, 7) is 5.64. The molecular weight excluding hydrogens is 258 g/mol. The lowest BCUT2D eigenvalue weighted by molar-refractivity contribution is -0.156. The number of carbonyl (C=O) groups is 1. The fourth-order valence-corrected chi connectivity index (χ4v) is 2.83. The van der Waals surface area contributed by atoms with Crippen LogP contribution in [0.1, 0.15) is 32.8 Å². The summed E-state index contributed by atoms with van der Waals surface area (Å²) in [6, 6.07) is 9.61. The first kappa shape index (κ1) is 14.1. The van der Waals surface area contributed by atoms with E-state index in [1.807, 2.05) is 51.1 Å². The van der Waals surface area contributed by atoms with Crippen molar-refractivity contribution in [3.05, 3.63) is 35.9 Å². The molecule has 0 spiro atoms. The predicted octanol–water partition coefficient (Wildman–Crippen LogP) is 3.28. The molecule has 1 atom stereocenters. The maximum atomic E-state index is 12.1. The highest BCUT2D eigenvalue weighted by Gasteiger charge is 2.27. The number of thioether (sulfide) groups is 1. The molecule has 0 aromatic heterocycles. The third kappa shape index (κ3) is 4.10. The molecule has 1 unspecified atom stereocenters. The Labute approximate surface area is 118 Å². The first-order valence-corrected chi connectivity index (χ1v) is 7.43. The van der Waals surface area contributed by atoms with Crippen LogP contribution < -0.4 is 0 Å². The van der Waals surface area contributed by atoms with E-state index in [4.69, 9.17) is 4.74 Å². The first-order chi connectivity index (χ1) is 8.96. The number of esters is 1. The Morgan fingerprint density at radius 1 is 1.32 bits per heavy atom. The molecule has 0 saturated carbocycles. The van der Waals surface area contributed by atoms with Crippen LogP contribution in [0.3, 0.4) is 0 Å². The zero-order chi connectivity index (χ0) is 13.9. The van der Waals surface area contributed by atoms with Crippen LogP contribution in [0.5, 0.6) is 0 Å². The van der Waals surface area contributed by atoms with Gasteiger partial charge in [0.15, 0.2) is 0 Å². The van der Waals surface area contributed by atoms with Crippen molar-refractivity contribution in [2.75, 3.05) is 5.75 Å². The van der Waals surface area contributed by atoms with Gasteiger partial charge in [-0.1, -0.05) is 30.3 Å². The maximum Gasteiger partial charge on any atom is 0.331 e. The van der Waals surface area contributed by atoms with E-state index < -0.39 is 5.60 Å². The van der Waals surface area contributed by atoms with Gasteiger partial charge in [-0.25, -0.2) is 4.79 Å². The molecule has 0 N–H and O–H groups in total. The molecule has 0 fully saturated rings. The second-order valence-corrected chi connectivity index (χ2v) is 6.57. The fraction of sp³-hybridized carbons (Fsp3) is 0.467. The Morgan fingerprint density at radius 3 is 2.63 bits per heavy atom. The van der Waals surface area contributed by atoms with Gasteiger partial charge in [0.1, 0.15) is 11.6 Å². The fourth-order valence-electron chi connectivity index (χ4n) is 1.79. The molecule has 0 saturated heterocycles. The molecule has 1 aliphatic heterocycles. The third-order valence-corrected chi connectivity index (χ3v) is 3.66. The van der Waals surface area contributed by atoms with E-state index >= 15 is 0 Å². The van der Waals surface area contributed by atoms with Crippen molar-refractivity contribution < 1.29 is 9.53 Å². The van der Waals surface area contributed by atoms with Crippen molar-refractivity contribution in [1.29, 1.82) is 0 Å². The van der Waals surface area contributed by atoms with E-state index in [1.54, 1.807) is 11.8 Å². The standard InChI is InChI=1S/C15H19NO2S/c1-15(2,3)18-14(17)12-9-10-19-13(16-12)11-7-5-4-6-8-11/h4-8,12H,9-10H2,1-3H3. The van der Waals surface area contributed by atoms with Crippen LogP contribution in [0.2, 0.25) is 0 Å². The zero-order valence-electron chi connectivity index (χ0n) is 11.6. The molecule has 19 heavy (non-hydrogen) atoms. The number of nitrogens with zero attached hydrogens (tertiary/aromatic N) is 1. The van der Waals surface area contributed by atoms with Gasteiger partial charge < -0.3 is 4.74 Å². The lowest BCUT2D eigenvalue weighted by Crippen LogP contribution is -2.33. The number of aliphatic imine (C=N–C) groups is 1. The number of benzene rings is 1. The Balaban J connectivity index is 2.14. The largest absolute Gasteiger partial charge is 0.458 e. The molecule has 3 nitrogen and oxygen atoms in total. The van der Waals surface area contributed by atoms with Crippen LogP contribution >= 0.6 is 11.8 Å². The van der Waals surface area contributed by atoms with Gasteiger partial charge in [-0.3, -0.25) is 4.99 Å². The van der Waals surface area contributed by atoms with Crippen molar-refractivity contribution in [3.8, 4) is 0 Å². The summed E-state index contributed by atoms with van der Waals surface area (Å²) < 4.78 is 5.41. The van der Waals surface area contributed by atoms with Crippen LogP contribution in [-0.4, -0.2) is 28.4 Å². The molecule has 2 rings (SSSR count). The van der Waals surface area contributed by atoms with Crippen LogP contribution in [0.15, 0.2) is 35.3 Å². The number of hydrogen-bond donors (Lipinski definition) is 0. The van der Waals surface area contributed by atoms with Crippen LogP contribution in [0.25, 0.3) is 0 Å². The number of hydrogen-bond acceptors (Lipinski definition) is 4. The molecule has 0 bridgehead atoms.